The van der Waals surface area contributed by atoms with Crippen LogP contribution < -0.4 is 5.32 Å². The fourth-order valence-corrected chi connectivity index (χ4v) is 2.55. The predicted molar refractivity (Wildman–Crippen MR) is 80.5 cm³/mol. The van der Waals surface area contributed by atoms with Gasteiger partial charge in [0.2, 0.25) is 0 Å². The van der Waals surface area contributed by atoms with Gasteiger partial charge in [0.15, 0.2) is 0 Å². The third-order valence-corrected chi connectivity index (χ3v) is 3.63. The van der Waals surface area contributed by atoms with E-state index >= 15 is 0 Å². The summed E-state index contributed by atoms with van der Waals surface area (Å²) in [4.78, 5) is 4.42. The second-order valence-electron chi connectivity index (χ2n) is 4.75. The Morgan fingerprint density at radius 1 is 1.35 bits per heavy atom. The highest BCUT2D eigenvalue weighted by Gasteiger charge is 2.16. The molecule has 106 valence electrons. The Morgan fingerprint density at radius 3 is 2.80 bits per heavy atom. The van der Waals surface area contributed by atoms with Crippen LogP contribution in [-0.2, 0) is 6.42 Å². The van der Waals surface area contributed by atoms with Gasteiger partial charge in [-0.05, 0) is 42.8 Å². The summed E-state index contributed by atoms with van der Waals surface area (Å²) in [6, 6.07) is 8.53. The Morgan fingerprint density at radius 2 is 2.15 bits per heavy atom. The summed E-state index contributed by atoms with van der Waals surface area (Å²) in [5, 5.41) is 3.84. The minimum Gasteiger partial charge on any atom is -0.310 e. The molecule has 1 aromatic carbocycles. The smallest absolute Gasteiger partial charge is 0.124 e. The number of aromatic nitrogens is 1. The zero-order valence-corrected chi connectivity index (χ0v) is 12.4. The third kappa shape index (κ3) is 3.56. The van der Waals surface area contributed by atoms with E-state index in [1.54, 1.807) is 12.3 Å². The molecule has 0 saturated heterocycles. The standard InChI is InChI=1S/C16H18ClFN2/c1-3-19-16(10-15-11(2)5-4-8-20-15)13-7-6-12(18)9-14(13)17/h4-9,16,19H,3,10H2,1-2H3. The topological polar surface area (TPSA) is 24.9 Å². The summed E-state index contributed by atoms with van der Waals surface area (Å²) < 4.78 is 13.2. The first-order chi connectivity index (χ1) is 9.61. The maximum Gasteiger partial charge on any atom is 0.124 e. The van der Waals surface area contributed by atoms with E-state index in [1.165, 1.54) is 12.1 Å². The van der Waals surface area contributed by atoms with Crippen LogP contribution in [-0.4, -0.2) is 11.5 Å². The average Bonchev–Trinajstić information content (AvgIpc) is 2.41. The number of pyridine rings is 1. The Labute approximate surface area is 124 Å². The third-order valence-electron chi connectivity index (χ3n) is 3.30. The Bertz CT molecular complexity index is 586. The fourth-order valence-electron chi connectivity index (χ4n) is 2.25. The highest BCUT2D eigenvalue weighted by atomic mass is 35.5. The molecule has 1 atom stereocenters. The lowest BCUT2D eigenvalue weighted by Gasteiger charge is -2.20. The van der Waals surface area contributed by atoms with Crippen LogP contribution in [0.1, 0.15) is 29.8 Å². The molecule has 0 bridgehead atoms. The molecule has 1 aromatic heterocycles. The molecule has 0 aliphatic heterocycles. The zero-order chi connectivity index (χ0) is 14.5. The van der Waals surface area contributed by atoms with E-state index in [1.807, 2.05) is 26.0 Å². The molecule has 2 rings (SSSR count). The van der Waals surface area contributed by atoms with Crippen molar-refractivity contribution in [3.8, 4) is 0 Å². The van der Waals surface area contributed by atoms with Gasteiger partial charge in [0.25, 0.3) is 0 Å². The molecule has 0 aliphatic rings. The van der Waals surface area contributed by atoms with E-state index in [2.05, 4.69) is 10.3 Å². The summed E-state index contributed by atoms with van der Waals surface area (Å²) >= 11 is 6.17. The van der Waals surface area contributed by atoms with Gasteiger partial charge in [0.05, 0.1) is 0 Å². The van der Waals surface area contributed by atoms with Crippen molar-refractivity contribution in [1.29, 1.82) is 0 Å². The molecule has 1 N–H and O–H groups in total. The van der Waals surface area contributed by atoms with Gasteiger partial charge in [-0.3, -0.25) is 4.98 Å². The highest BCUT2D eigenvalue weighted by molar-refractivity contribution is 6.31. The molecule has 0 aliphatic carbocycles. The van der Waals surface area contributed by atoms with E-state index in [4.69, 9.17) is 11.6 Å². The van der Waals surface area contributed by atoms with Crippen molar-refractivity contribution >= 4 is 11.6 Å². The van der Waals surface area contributed by atoms with Crippen LogP contribution in [0.25, 0.3) is 0 Å². The molecule has 1 unspecified atom stereocenters. The normalized spacial score (nSPS) is 12.4. The van der Waals surface area contributed by atoms with E-state index in [0.717, 1.165) is 29.8 Å². The van der Waals surface area contributed by atoms with Crippen molar-refractivity contribution in [3.63, 3.8) is 0 Å². The zero-order valence-electron chi connectivity index (χ0n) is 11.7. The van der Waals surface area contributed by atoms with Crippen LogP contribution in [0.4, 0.5) is 4.39 Å². The van der Waals surface area contributed by atoms with Gasteiger partial charge in [0.1, 0.15) is 5.82 Å². The highest BCUT2D eigenvalue weighted by Crippen LogP contribution is 2.26. The van der Waals surface area contributed by atoms with E-state index < -0.39 is 0 Å². The van der Waals surface area contributed by atoms with Crippen molar-refractivity contribution in [1.82, 2.24) is 10.3 Å². The predicted octanol–water partition coefficient (Wildman–Crippen LogP) is 4.08. The molecule has 0 saturated carbocycles. The van der Waals surface area contributed by atoms with Gasteiger partial charge in [0, 0.05) is 29.4 Å². The molecule has 2 nitrogen and oxygen atoms in total. The first-order valence-electron chi connectivity index (χ1n) is 6.70. The monoisotopic (exact) mass is 292 g/mol. The van der Waals surface area contributed by atoms with Gasteiger partial charge in [-0.1, -0.05) is 30.7 Å². The van der Waals surface area contributed by atoms with Gasteiger partial charge in [-0.15, -0.1) is 0 Å². The quantitative estimate of drug-likeness (QED) is 0.898. The van der Waals surface area contributed by atoms with E-state index in [-0.39, 0.29) is 11.9 Å². The summed E-state index contributed by atoms with van der Waals surface area (Å²) in [5.41, 5.74) is 3.08. The molecular weight excluding hydrogens is 275 g/mol. The molecule has 20 heavy (non-hydrogen) atoms. The van der Waals surface area contributed by atoms with Gasteiger partial charge < -0.3 is 5.32 Å². The van der Waals surface area contributed by atoms with Gasteiger partial charge in [-0.25, -0.2) is 4.39 Å². The van der Waals surface area contributed by atoms with Crippen LogP contribution in [0.3, 0.4) is 0 Å². The van der Waals surface area contributed by atoms with Crippen molar-refractivity contribution in [3.05, 3.63) is 64.2 Å². The molecule has 0 spiro atoms. The summed E-state index contributed by atoms with van der Waals surface area (Å²) in [5.74, 6) is -0.317. The Balaban J connectivity index is 2.29. The maximum absolute atomic E-state index is 13.2. The van der Waals surface area contributed by atoms with Crippen molar-refractivity contribution in [2.24, 2.45) is 0 Å². The first-order valence-corrected chi connectivity index (χ1v) is 7.08. The first kappa shape index (κ1) is 14.9. The van der Waals surface area contributed by atoms with E-state index in [9.17, 15) is 4.39 Å². The van der Waals surface area contributed by atoms with Crippen molar-refractivity contribution in [2.45, 2.75) is 26.3 Å². The fraction of sp³-hybridized carbons (Fsp3) is 0.312. The van der Waals surface area contributed by atoms with Crippen LogP contribution in [0, 0.1) is 12.7 Å². The second-order valence-corrected chi connectivity index (χ2v) is 5.15. The second kappa shape index (κ2) is 6.82. The molecule has 4 heteroatoms. The molecule has 0 fully saturated rings. The van der Waals surface area contributed by atoms with Crippen LogP contribution in [0.5, 0.6) is 0 Å². The number of aryl methyl sites for hydroxylation is 1. The van der Waals surface area contributed by atoms with Crippen LogP contribution >= 0.6 is 11.6 Å². The van der Waals surface area contributed by atoms with Crippen molar-refractivity contribution in [2.75, 3.05) is 6.54 Å². The number of hydrogen-bond donors (Lipinski definition) is 1. The van der Waals surface area contributed by atoms with Crippen LogP contribution in [0.15, 0.2) is 36.5 Å². The molecule has 0 amide bonds. The number of halogens is 2. The maximum atomic E-state index is 13.2. The number of nitrogens with zero attached hydrogens (tertiary/aromatic N) is 1. The number of rotatable bonds is 5. The SMILES string of the molecule is CCNC(Cc1ncccc1C)c1ccc(F)cc1Cl. The summed E-state index contributed by atoms with van der Waals surface area (Å²) in [7, 11) is 0. The number of hydrogen-bond acceptors (Lipinski definition) is 2. The molecule has 2 aromatic rings. The lowest BCUT2D eigenvalue weighted by atomic mass is 9.99. The molecule has 0 radical (unpaired) electrons. The van der Waals surface area contributed by atoms with Crippen LogP contribution in [0.2, 0.25) is 5.02 Å². The number of nitrogens with one attached hydrogen (secondary N) is 1. The largest absolute Gasteiger partial charge is 0.310 e. The minimum absolute atomic E-state index is 0.0294. The summed E-state index contributed by atoms with van der Waals surface area (Å²) in [6.07, 6.45) is 2.52. The number of benzene rings is 1. The van der Waals surface area contributed by atoms with Gasteiger partial charge >= 0.3 is 0 Å². The minimum atomic E-state index is -0.317. The van der Waals surface area contributed by atoms with Gasteiger partial charge in [-0.2, -0.15) is 0 Å². The van der Waals surface area contributed by atoms with Crippen molar-refractivity contribution < 1.29 is 4.39 Å². The Hall–Kier alpha value is -1.45. The molecule has 1 heterocycles. The Kier molecular flexibility index (Phi) is 5.10. The average molecular weight is 293 g/mol. The lowest BCUT2D eigenvalue weighted by Crippen LogP contribution is -2.24. The lowest BCUT2D eigenvalue weighted by molar-refractivity contribution is 0.541. The molecular formula is C16H18ClFN2. The summed E-state index contributed by atoms with van der Waals surface area (Å²) in [6.45, 7) is 4.89. The number of likely N-dealkylation sites (N-methyl/N-ethyl adjacent to an activating group) is 1. The van der Waals surface area contributed by atoms with E-state index in [0.29, 0.717) is 5.02 Å².